The first-order chi connectivity index (χ1) is 10.6. The third-order valence-corrected chi connectivity index (χ3v) is 3.72. The summed E-state index contributed by atoms with van der Waals surface area (Å²) in [5.41, 5.74) is 2.71. The van der Waals surface area contributed by atoms with Crippen molar-refractivity contribution in [3.8, 4) is 0 Å². The lowest BCUT2D eigenvalue weighted by Crippen LogP contribution is -2.24. The van der Waals surface area contributed by atoms with Gasteiger partial charge in [0.1, 0.15) is 5.82 Å². The first-order valence-corrected chi connectivity index (χ1v) is 7.26. The summed E-state index contributed by atoms with van der Waals surface area (Å²) in [6, 6.07) is 11.6. The van der Waals surface area contributed by atoms with Gasteiger partial charge in [-0.1, -0.05) is 23.7 Å². The van der Waals surface area contributed by atoms with Gasteiger partial charge in [0, 0.05) is 28.7 Å². The number of carbonyl (C=O) groups excluding carboxylic acids is 1. The molecule has 1 heterocycles. The van der Waals surface area contributed by atoms with Crippen molar-refractivity contribution in [2.75, 3.05) is 0 Å². The van der Waals surface area contributed by atoms with E-state index in [1.807, 2.05) is 18.3 Å². The lowest BCUT2D eigenvalue weighted by atomic mass is 10.1. The molecule has 22 heavy (non-hydrogen) atoms. The maximum Gasteiger partial charge on any atom is 0.224 e. The van der Waals surface area contributed by atoms with Gasteiger partial charge in [-0.2, -0.15) is 0 Å². The molecule has 3 nitrogen and oxygen atoms in total. The SMILES string of the molecule is O=C(Cc1c[nH]c2ccc(Cl)cc12)NCc1ccc(F)cc1. The van der Waals surface area contributed by atoms with E-state index < -0.39 is 0 Å². The molecule has 1 amide bonds. The smallest absolute Gasteiger partial charge is 0.224 e. The topological polar surface area (TPSA) is 44.9 Å². The van der Waals surface area contributed by atoms with Gasteiger partial charge < -0.3 is 10.3 Å². The predicted octanol–water partition coefficient (Wildman–Crippen LogP) is 3.82. The van der Waals surface area contributed by atoms with Crippen LogP contribution in [0.3, 0.4) is 0 Å². The number of aromatic nitrogens is 1. The zero-order valence-corrected chi connectivity index (χ0v) is 12.5. The molecule has 0 atom stereocenters. The standard InChI is InChI=1S/C17H14ClFN2O/c18-13-3-6-16-15(8-13)12(10-20-16)7-17(22)21-9-11-1-4-14(19)5-2-11/h1-6,8,10,20H,7,9H2,(H,21,22). The average Bonchev–Trinajstić information content (AvgIpc) is 2.89. The monoisotopic (exact) mass is 316 g/mol. The van der Waals surface area contributed by atoms with Gasteiger partial charge >= 0.3 is 0 Å². The lowest BCUT2D eigenvalue weighted by molar-refractivity contribution is -0.120. The molecular weight excluding hydrogens is 303 g/mol. The Kier molecular flexibility index (Phi) is 4.11. The van der Waals surface area contributed by atoms with Gasteiger partial charge in [-0.05, 0) is 41.5 Å². The molecule has 2 N–H and O–H groups in total. The van der Waals surface area contributed by atoms with Crippen molar-refractivity contribution < 1.29 is 9.18 Å². The van der Waals surface area contributed by atoms with E-state index in [2.05, 4.69) is 10.3 Å². The van der Waals surface area contributed by atoms with E-state index in [-0.39, 0.29) is 18.1 Å². The summed E-state index contributed by atoms with van der Waals surface area (Å²) in [5.74, 6) is -0.379. The Labute approximate surface area is 132 Å². The molecule has 1 aromatic heterocycles. The molecule has 0 aliphatic rings. The summed E-state index contributed by atoms with van der Waals surface area (Å²) < 4.78 is 12.8. The molecule has 0 saturated heterocycles. The second kappa shape index (κ2) is 6.20. The highest BCUT2D eigenvalue weighted by Crippen LogP contribution is 2.22. The van der Waals surface area contributed by atoms with Gasteiger partial charge in [0.15, 0.2) is 0 Å². The Balaban J connectivity index is 1.65. The molecule has 0 radical (unpaired) electrons. The van der Waals surface area contributed by atoms with Crippen LogP contribution in [0, 0.1) is 5.82 Å². The summed E-state index contributed by atoms with van der Waals surface area (Å²) in [7, 11) is 0. The van der Waals surface area contributed by atoms with E-state index in [0.29, 0.717) is 11.6 Å². The van der Waals surface area contributed by atoms with Crippen molar-refractivity contribution >= 4 is 28.4 Å². The maximum absolute atomic E-state index is 12.8. The van der Waals surface area contributed by atoms with E-state index in [0.717, 1.165) is 22.0 Å². The van der Waals surface area contributed by atoms with Crippen LogP contribution >= 0.6 is 11.6 Å². The van der Waals surface area contributed by atoms with Gasteiger partial charge in [0.25, 0.3) is 0 Å². The Hall–Kier alpha value is -2.33. The van der Waals surface area contributed by atoms with E-state index in [4.69, 9.17) is 11.6 Å². The Morgan fingerprint density at radius 3 is 2.73 bits per heavy atom. The summed E-state index contributed by atoms with van der Waals surface area (Å²) in [6.07, 6.45) is 2.08. The fraction of sp³-hybridized carbons (Fsp3) is 0.118. The minimum Gasteiger partial charge on any atom is -0.361 e. The lowest BCUT2D eigenvalue weighted by Gasteiger charge is -2.05. The number of nitrogens with one attached hydrogen (secondary N) is 2. The second-order valence-electron chi connectivity index (χ2n) is 5.08. The highest BCUT2D eigenvalue weighted by atomic mass is 35.5. The maximum atomic E-state index is 12.8. The highest BCUT2D eigenvalue weighted by Gasteiger charge is 2.09. The Bertz CT molecular complexity index is 811. The number of benzene rings is 2. The summed E-state index contributed by atoms with van der Waals surface area (Å²) >= 11 is 5.99. The van der Waals surface area contributed by atoms with Crippen LogP contribution in [-0.4, -0.2) is 10.9 Å². The number of fused-ring (bicyclic) bond motifs is 1. The fourth-order valence-corrected chi connectivity index (χ4v) is 2.51. The number of aromatic amines is 1. The van der Waals surface area contributed by atoms with Gasteiger partial charge in [0.2, 0.25) is 5.91 Å². The number of rotatable bonds is 4. The van der Waals surface area contributed by atoms with E-state index in [1.165, 1.54) is 12.1 Å². The van der Waals surface area contributed by atoms with Crippen molar-refractivity contribution in [2.45, 2.75) is 13.0 Å². The Morgan fingerprint density at radius 1 is 1.18 bits per heavy atom. The normalized spacial score (nSPS) is 10.8. The molecule has 3 rings (SSSR count). The van der Waals surface area contributed by atoms with Crippen LogP contribution in [0.4, 0.5) is 4.39 Å². The van der Waals surface area contributed by atoms with E-state index >= 15 is 0 Å². The van der Waals surface area contributed by atoms with Crippen molar-refractivity contribution in [2.24, 2.45) is 0 Å². The zero-order valence-electron chi connectivity index (χ0n) is 11.7. The first kappa shape index (κ1) is 14.6. The van der Waals surface area contributed by atoms with Crippen LogP contribution in [0.2, 0.25) is 5.02 Å². The molecule has 0 unspecified atom stereocenters. The fourth-order valence-electron chi connectivity index (χ4n) is 2.34. The van der Waals surface area contributed by atoms with Crippen molar-refractivity contribution in [3.63, 3.8) is 0 Å². The average molecular weight is 317 g/mol. The molecule has 112 valence electrons. The minimum absolute atomic E-state index is 0.0924. The van der Waals surface area contributed by atoms with Crippen LogP contribution in [0.15, 0.2) is 48.7 Å². The van der Waals surface area contributed by atoms with E-state index in [9.17, 15) is 9.18 Å². The Morgan fingerprint density at radius 2 is 1.95 bits per heavy atom. The highest BCUT2D eigenvalue weighted by molar-refractivity contribution is 6.31. The van der Waals surface area contributed by atoms with Gasteiger partial charge in [0.05, 0.1) is 6.42 Å². The molecule has 0 spiro atoms. The van der Waals surface area contributed by atoms with Crippen LogP contribution in [0.5, 0.6) is 0 Å². The van der Waals surface area contributed by atoms with Crippen molar-refractivity contribution in [1.82, 2.24) is 10.3 Å². The zero-order chi connectivity index (χ0) is 15.5. The number of hydrogen-bond acceptors (Lipinski definition) is 1. The quantitative estimate of drug-likeness (QED) is 0.755. The summed E-state index contributed by atoms with van der Waals surface area (Å²) in [4.78, 5) is 15.2. The van der Waals surface area contributed by atoms with Gasteiger partial charge in [-0.3, -0.25) is 4.79 Å². The van der Waals surface area contributed by atoms with Gasteiger partial charge in [-0.15, -0.1) is 0 Å². The van der Waals surface area contributed by atoms with Crippen LogP contribution in [0.25, 0.3) is 10.9 Å². The van der Waals surface area contributed by atoms with Crippen molar-refractivity contribution in [3.05, 3.63) is 70.6 Å². The van der Waals surface area contributed by atoms with Crippen LogP contribution < -0.4 is 5.32 Å². The van der Waals surface area contributed by atoms with Crippen molar-refractivity contribution in [1.29, 1.82) is 0 Å². The molecule has 0 aliphatic carbocycles. The van der Waals surface area contributed by atoms with Crippen LogP contribution in [0.1, 0.15) is 11.1 Å². The predicted molar refractivity (Wildman–Crippen MR) is 85.3 cm³/mol. The molecule has 0 aliphatic heterocycles. The first-order valence-electron chi connectivity index (χ1n) is 6.88. The van der Waals surface area contributed by atoms with E-state index in [1.54, 1.807) is 18.2 Å². The molecule has 2 aromatic carbocycles. The molecule has 3 aromatic rings. The molecule has 0 bridgehead atoms. The number of H-pyrrole nitrogens is 1. The number of carbonyl (C=O) groups is 1. The largest absolute Gasteiger partial charge is 0.361 e. The molecule has 5 heteroatoms. The van der Waals surface area contributed by atoms with Gasteiger partial charge in [-0.25, -0.2) is 4.39 Å². The summed E-state index contributed by atoms with van der Waals surface area (Å²) in [6.45, 7) is 0.377. The third-order valence-electron chi connectivity index (χ3n) is 3.48. The summed E-state index contributed by atoms with van der Waals surface area (Å²) in [5, 5.41) is 4.42. The third kappa shape index (κ3) is 3.28. The second-order valence-corrected chi connectivity index (χ2v) is 5.52. The number of halogens is 2. The number of hydrogen-bond donors (Lipinski definition) is 2. The minimum atomic E-state index is -0.286. The molecular formula is C17H14ClFN2O. The molecule has 0 saturated carbocycles. The number of amides is 1. The van der Waals surface area contributed by atoms with Crippen LogP contribution in [-0.2, 0) is 17.8 Å². The molecule has 0 fully saturated rings.